The third kappa shape index (κ3) is 3.20. The van der Waals surface area contributed by atoms with E-state index in [1.165, 1.54) is 0 Å². The van der Waals surface area contributed by atoms with E-state index in [0.717, 1.165) is 31.5 Å². The molecule has 0 amide bonds. The topological polar surface area (TPSA) is 40.5 Å². The molecule has 2 rings (SSSR count). The summed E-state index contributed by atoms with van der Waals surface area (Å²) in [5.74, 6) is -0.753. The molecule has 1 atom stereocenters. The molecular formula is C13H16ClNO2. The maximum Gasteiger partial charge on any atom is 0.305 e. The summed E-state index contributed by atoms with van der Waals surface area (Å²) in [7, 11) is 0. The van der Waals surface area contributed by atoms with Crippen molar-refractivity contribution in [1.82, 2.24) is 4.90 Å². The van der Waals surface area contributed by atoms with Gasteiger partial charge in [-0.25, -0.2) is 0 Å². The number of rotatable bonds is 4. The van der Waals surface area contributed by atoms with Crippen LogP contribution in [0.3, 0.4) is 0 Å². The number of carbonyl (C=O) groups is 1. The van der Waals surface area contributed by atoms with Crippen molar-refractivity contribution in [1.29, 1.82) is 0 Å². The Hall–Kier alpha value is -1.06. The average Bonchev–Trinajstić information content (AvgIpc) is 2.80. The first-order valence-electron chi connectivity index (χ1n) is 5.88. The lowest BCUT2D eigenvalue weighted by Gasteiger charge is -2.26. The van der Waals surface area contributed by atoms with E-state index in [2.05, 4.69) is 4.90 Å². The quantitative estimate of drug-likeness (QED) is 0.897. The minimum atomic E-state index is -0.753. The van der Waals surface area contributed by atoms with Crippen LogP contribution in [0.15, 0.2) is 24.3 Å². The van der Waals surface area contributed by atoms with Gasteiger partial charge in [-0.15, -0.1) is 0 Å². The van der Waals surface area contributed by atoms with E-state index in [-0.39, 0.29) is 12.5 Å². The molecule has 1 heterocycles. The first-order valence-corrected chi connectivity index (χ1v) is 6.26. The molecule has 1 aliphatic rings. The number of likely N-dealkylation sites (tertiary alicyclic amines) is 1. The Morgan fingerprint density at radius 1 is 1.29 bits per heavy atom. The second-order valence-corrected chi connectivity index (χ2v) is 4.84. The Morgan fingerprint density at radius 3 is 2.41 bits per heavy atom. The van der Waals surface area contributed by atoms with Crippen molar-refractivity contribution in [2.45, 2.75) is 25.3 Å². The van der Waals surface area contributed by atoms with Gasteiger partial charge < -0.3 is 5.11 Å². The van der Waals surface area contributed by atoms with Crippen LogP contribution in [0.4, 0.5) is 0 Å². The summed E-state index contributed by atoms with van der Waals surface area (Å²) < 4.78 is 0. The number of carboxylic acids is 1. The van der Waals surface area contributed by atoms with Crippen LogP contribution in [-0.4, -0.2) is 29.1 Å². The Kier molecular flexibility index (Phi) is 4.02. The summed E-state index contributed by atoms with van der Waals surface area (Å²) in [6.45, 7) is 1.97. The number of carboxylic acid groups (broad SMARTS) is 1. The molecule has 1 unspecified atom stereocenters. The second-order valence-electron chi connectivity index (χ2n) is 4.41. The third-order valence-electron chi connectivity index (χ3n) is 3.20. The molecule has 1 aromatic carbocycles. The molecule has 17 heavy (non-hydrogen) atoms. The number of benzene rings is 1. The third-order valence-corrected chi connectivity index (χ3v) is 3.46. The van der Waals surface area contributed by atoms with Crippen LogP contribution in [0, 0.1) is 0 Å². The minimum absolute atomic E-state index is 0.0210. The van der Waals surface area contributed by atoms with Crippen LogP contribution in [0.5, 0.6) is 0 Å². The summed E-state index contributed by atoms with van der Waals surface area (Å²) in [4.78, 5) is 13.2. The summed E-state index contributed by atoms with van der Waals surface area (Å²) in [6, 6.07) is 7.47. The maximum atomic E-state index is 11.0. The van der Waals surface area contributed by atoms with Crippen LogP contribution in [-0.2, 0) is 4.79 Å². The van der Waals surface area contributed by atoms with Gasteiger partial charge >= 0.3 is 5.97 Å². The SMILES string of the molecule is O=C(O)CC(c1ccc(Cl)cc1)N1CCCC1. The van der Waals surface area contributed by atoms with Gasteiger partial charge in [-0.2, -0.15) is 0 Å². The molecule has 0 radical (unpaired) electrons. The maximum absolute atomic E-state index is 11.0. The highest BCUT2D eigenvalue weighted by molar-refractivity contribution is 6.30. The fourth-order valence-corrected chi connectivity index (χ4v) is 2.49. The van der Waals surface area contributed by atoms with Crippen LogP contribution < -0.4 is 0 Å². The summed E-state index contributed by atoms with van der Waals surface area (Å²) in [5.41, 5.74) is 1.04. The van der Waals surface area contributed by atoms with Gasteiger partial charge in [-0.3, -0.25) is 9.69 Å². The van der Waals surface area contributed by atoms with Crippen LogP contribution in [0.1, 0.15) is 30.9 Å². The minimum Gasteiger partial charge on any atom is -0.481 e. The number of hydrogen-bond donors (Lipinski definition) is 1. The van der Waals surface area contributed by atoms with Gasteiger partial charge in [0.1, 0.15) is 0 Å². The predicted octanol–water partition coefficient (Wildman–Crippen LogP) is 2.95. The molecule has 0 aromatic heterocycles. The lowest BCUT2D eigenvalue weighted by atomic mass is 10.0. The van der Waals surface area contributed by atoms with Crippen molar-refractivity contribution in [3.05, 3.63) is 34.9 Å². The monoisotopic (exact) mass is 253 g/mol. The summed E-state index contributed by atoms with van der Waals surface area (Å²) >= 11 is 5.85. The lowest BCUT2D eigenvalue weighted by Crippen LogP contribution is -2.27. The summed E-state index contributed by atoms with van der Waals surface area (Å²) in [6.07, 6.45) is 2.47. The van der Waals surface area contributed by atoms with Gasteiger partial charge in [-0.05, 0) is 43.6 Å². The number of hydrogen-bond acceptors (Lipinski definition) is 2. The van der Waals surface area contributed by atoms with Crippen LogP contribution in [0.2, 0.25) is 5.02 Å². The van der Waals surface area contributed by atoms with E-state index in [9.17, 15) is 4.79 Å². The molecule has 3 nitrogen and oxygen atoms in total. The molecule has 0 bridgehead atoms. The Balaban J connectivity index is 2.19. The standard InChI is InChI=1S/C13H16ClNO2/c14-11-5-3-10(4-6-11)12(9-13(16)17)15-7-1-2-8-15/h3-6,12H,1-2,7-9H2,(H,16,17). The van der Waals surface area contributed by atoms with Crippen molar-refractivity contribution >= 4 is 17.6 Å². The predicted molar refractivity (Wildman–Crippen MR) is 67.3 cm³/mol. The molecule has 1 N–H and O–H groups in total. The van der Waals surface area contributed by atoms with E-state index in [0.29, 0.717) is 5.02 Å². The Bertz CT molecular complexity index is 385. The molecule has 1 aliphatic heterocycles. The van der Waals surface area contributed by atoms with E-state index in [1.54, 1.807) is 0 Å². The number of aliphatic carboxylic acids is 1. The fraction of sp³-hybridized carbons (Fsp3) is 0.462. The normalized spacial score (nSPS) is 18.2. The average molecular weight is 254 g/mol. The van der Waals surface area contributed by atoms with Crippen molar-refractivity contribution in [2.24, 2.45) is 0 Å². The fourth-order valence-electron chi connectivity index (χ4n) is 2.36. The molecule has 1 aromatic rings. The zero-order chi connectivity index (χ0) is 12.3. The largest absolute Gasteiger partial charge is 0.481 e. The highest BCUT2D eigenvalue weighted by atomic mass is 35.5. The Labute approximate surface area is 106 Å². The molecule has 1 fully saturated rings. The molecule has 0 aliphatic carbocycles. The molecule has 0 spiro atoms. The zero-order valence-electron chi connectivity index (χ0n) is 9.60. The first-order chi connectivity index (χ1) is 8.16. The highest BCUT2D eigenvalue weighted by Crippen LogP contribution is 2.28. The molecule has 4 heteroatoms. The number of nitrogens with zero attached hydrogens (tertiary/aromatic N) is 1. The lowest BCUT2D eigenvalue weighted by molar-refractivity contribution is -0.138. The van der Waals surface area contributed by atoms with Crippen LogP contribution in [0.25, 0.3) is 0 Å². The van der Waals surface area contributed by atoms with Crippen LogP contribution >= 0.6 is 11.6 Å². The van der Waals surface area contributed by atoms with Gasteiger partial charge in [0.15, 0.2) is 0 Å². The van der Waals surface area contributed by atoms with Gasteiger partial charge in [0, 0.05) is 11.1 Å². The molecular weight excluding hydrogens is 238 g/mol. The number of halogens is 1. The van der Waals surface area contributed by atoms with Crippen molar-refractivity contribution in [3.8, 4) is 0 Å². The van der Waals surface area contributed by atoms with Crippen molar-refractivity contribution < 1.29 is 9.90 Å². The van der Waals surface area contributed by atoms with E-state index in [1.807, 2.05) is 24.3 Å². The van der Waals surface area contributed by atoms with E-state index in [4.69, 9.17) is 16.7 Å². The molecule has 92 valence electrons. The summed E-state index contributed by atoms with van der Waals surface area (Å²) in [5, 5.41) is 9.69. The van der Waals surface area contributed by atoms with Gasteiger partial charge in [0.2, 0.25) is 0 Å². The van der Waals surface area contributed by atoms with Crippen molar-refractivity contribution in [2.75, 3.05) is 13.1 Å². The van der Waals surface area contributed by atoms with E-state index >= 15 is 0 Å². The van der Waals surface area contributed by atoms with Crippen molar-refractivity contribution in [3.63, 3.8) is 0 Å². The first kappa shape index (κ1) is 12.4. The Morgan fingerprint density at radius 2 is 1.88 bits per heavy atom. The molecule has 0 saturated carbocycles. The smallest absolute Gasteiger partial charge is 0.305 e. The second kappa shape index (κ2) is 5.52. The van der Waals surface area contributed by atoms with Gasteiger partial charge in [-0.1, -0.05) is 23.7 Å². The van der Waals surface area contributed by atoms with Gasteiger partial charge in [0.25, 0.3) is 0 Å². The van der Waals surface area contributed by atoms with Gasteiger partial charge in [0.05, 0.1) is 6.42 Å². The van der Waals surface area contributed by atoms with E-state index < -0.39 is 5.97 Å². The zero-order valence-corrected chi connectivity index (χ0v) is 10.4. The highest BCUT2D eigenvalue weighted by Gasteiger charge is 2.25. The molecule has 1 saturated heterocycles.